The second-order valence-corrected chi connectivity index (χ2v) is 4.18. The first-order valence-corrected chi connectivity index (χ1v) is 5.17. The molecule has 0 unspecified atom stereocenters. The van der Waals surface area contributed by atoms with Crippen LogP contribution in [0.1, 0.15) is 12.8 Å². The van der Waals surface area contributed by atoms with Crippen LogP contribution in [0.3, 0.4) is 0 Å². The Morgan fingerprint density at radius 1 is 1.43 bits per heavy atom. The Morgan fingerprint density at radius 2 is 2.07 bits per heavy atom. The molecule has 1 fully saturated rings. The molecule has 1 N–H and O–H groups in total. The van der Waals surface area contributed by atoms with Crippen molar-refractivity contribution < 1.29 is 9.90 Å². The summed E-state index contributed by atoms with van der Waals surface area (Å²) in [6.45, 7) is 1.97. The number of aliphatic hydroxyl groups is 1. The van der Waals surface area contributed by atoms with E-state index in [1.807, 2.05) is 19.0 Å². The Balaban J connectivity index is 2.17. The van der Waals surface area contributed by atoms with Gasteiger partial charge in [0.05, 0.1) is 13.2 Å². The lowest BCUT2D eigenvalue weighted by Crippen LogP contribution is -2.38. The maximum atomic E-state index is 11.6. The van der Waals surface area contributed by atoms with Gasteiger partial charge in [-0.3, -0.25) is 9.69 Å². The number of likely N-dealkylation sites (N-methyl/N-ethyl adjacent to an activating group) is 2. The summed E-state index contributed by atoms with van der Waals surface area (Å²) in [4.78, 5) is 15.2. The van der Waals surface area contributed by atoms with Crippen molar-refractivity contribution in [3.05, 3.63) is 0 Å². The van der Waals surface area contributed by atoms with Crippen molar-refractivity contribution in [3.8, 4) is 0 Å². The van der Waals surface area contributed by atoms with Gasteiger partial charge in [0.25, 0.3) is 0 Å². The number of aliphatic hydroxyl groups excluding tert-OH is 1. The molecule has 0 aromatic carbocycles. The highest BCUT2D eigenvalue weighted by atomic mass is 16.3. The summed E-state index contributed by atoms with van der Waals surface area (Å²) in [7, 11) is 3.70. The molecule has 0 aromatic heterocycles. The van der Waals surface area contributed by atoms with Gasteiger partial charge in [-0.25, -0.2) is 0 Å². The van der Waals surface area contributed by atoms with Crippen LogP contribution in [0.4, 0.5) is 0 Å². The molecule has 1 aliphatic rings. The van der Waals surface area contributed by atoms with Gasteiger partial charge in [0.1, 0.15) is 0 Å². The first-order valence-electron chi connectivity index (χ1n) is 5.17. The van der Waals surface area contributed by atoms with Gasteiger partial charge in [-0.15, -0.1) is 0 Å². The molecule has 0 heterocycles. The molecule has 1 saturated carbocycles. The van der Waals surface area contributed by atoms with Crippen LogP contribution in [0.2, 0.25) is 0 Å². The third kappa shape index (κ3) is 4.07. The highest BCUT2D eigenvalue weighted by Crippen LogP contribution is 2.29. The first kappa shape index (κ1) is 11.5. The highest BCUT2D eigenvalue weighted by Gasteiger charge is 2.24. The number of carbonyl (C=O) groups is 1. The van der Waals surface area contributed by atoms with E-state index in [1.165, 1.54) is 12.8 Å². The fraction of sp³-hybridized carbons (Fsp3) is 0.900. The Bertz CT molecular complexity index is 193. The van der Waals surface area contributed by atoms with E-state index in [4.69, 9.17) is 5.11 Å². The molecule has 0 aromatic rings. The van der Waals surface area contributed by atoms with E-state index in [-0.39, 0.29) is 12.5 Å². The van der Waals surface area contributed by atoms with E-state index in [0.29, 0.717) is 13.1 Å². The van der Waals surface area contributed by atoms with Gasteiger partial charge in [0.15, 0.2) is 0 Å². The van der Waals surface area contributed by atoms with Crippen LogP contribution in [-0.2, 0) is 4.79 Å². The molecule has 0 saturated heterocycles. The summed E-state index contributed by atoms with van der Waals surface area (Å²) in [5, 5.41) is 8.68. The van der Waals surface area contributed by atoms with Gasteiger partial charge in [-0.1, -0.05) is 0 Å². The van der Waals surface area contributed by atoms with Crippen molar-refractivity contribution in [2.24, 2.45) is 5.92 Å². The van der Waals surface area contributed by atoms with Crippen LogP contribution in [0.25, 0.3) is 0 Å². The summed E-state index contributed by atoms with van der Waals surface area (Å²) in [5.74, 6) is 0.889. The normalized spacial score (nSPS) is 16.0. The SMILES string of the molecule is CN(CCO)CC(=O)N(C)CC1CC1. The Hall–Kier alpha value is -0.610. The largest absolute Gasteiger partial charge is 0.395 e. The van der Waals surface area contributed by atoms with Crippen molar-refractivity contribution in [2.75, 3.05) is 40.3 Å². The minimum atomic E-state index is 0.107. The molecule has 1 aliphatic carbocycles. The lowest BCUT2D eigenvalue weighted by Gasteiger charge is -2.21. The molecule has 82 valence electrons. The average molecular weight is 200 g/mol. The molecule has 0 spiro atoms. The molecule has 0 bridgehead atoms. The summed E-state index contributed by atoms with van der Waals surface area (Å²) >= 11 is 0. The second kappa shape index (κ2) is 5.32. The maximum Gasteiger partial charge on any atom is 0.236 e. The number of amides is 1. The molecule has 1 rings (SSSR count). The van der Waals surface area contributed by atoms with E-state index in [0.717, 1.165) is 12.5 Å². The van der Waals surface area contributed by atoms with Gasteiger partial charge in [-0.05, 0) is 25.8 Å². The predicted molar refractivity (Wildman–Crippen MR) is 54.9 cm³/mol. The number of nitrogens with zero attached hydrogens (tertiary/aromatic N) is 2. The van der Waals surface area contributed by atoms with Crippen molar-refractivity contribution >= 4 is 5.91 Å². The lowest BCUT2D eigenvalue weighted by atomic mass is 10.3. The zero-order valence-electron chi connectivity index (χ0n) is 9.07. The lowest BCUT2D eigenvalue weighted by molar-refractivity contribution is -0.131. The first-order chi connectivity index (χ1) is 6.63. The highest BCUT2D eigenvalue weighted by molar-refractivity contribution is 5.77. The minimum absolute atomic E-state index is 0.107. The van der Waals surface area contributed by atoms with E-state index >= 15 is 0 Å². The van der Waals surface area contributed by atoms with Crippen LogP contribution in [-0.4, -0.2) is 61.2 Å². The molecule has 0 radical (unpaired) electrons. The quantitative estimate of drug-likeness (QED) is 0.644. The average Bonchev–Trinajstić information content (AvgIpc) is 2.88. The number of hydrogen-bond acceptors (Lipinski definition) is 3. The molecule has 1 amide bonds. The third-order valence-corrected chi connectivity index (χ3v) is 2.54. The van der Waals surface area contributed by atoms with Gasteiger partial charge < -0.3 is 10.0 Å². The Kier molecular flexibility index (Phi) is 4.35. The molecule has 0 atom stereocenters. The molecule has 4 heteroatoms. The molecule has 4 nitrogen and oxygen atoms in total. The van der Waals surface area contributed by atoms with E-state index in [2.05, 4.69) is 0 Å². The van der Waals surface area contributed by atoms with Crippen molar-refractivity contribution in [3.63, 3.8) is 0 Å². The topological polar surface area (TPSA) is 43.8 Å². The monoisotopic (exact) mass is 200 g/mol. The Morgan fingerprint density at radius 3 is 2.57 bits per heavy atom. The van der Waals surface area contributed by atoms with Gasteiger partial charge in [-0.2, -0.15) is 0 Å². The van der Waals surface area contributed by atoms with Crippen molar-refractivity contribution in [2.45, 2.75) is 12.8 Å². The van der Waals surface area contributed by atoms with Crippen LogP contribution in [0.15, 0.2) is 0 Å². The van der Waals surface area contributed by atoms with E-state index < -0.39 is 0 Å². The van der Waals surface area contributed by atoms with Crippen molar-refractivity contribution in [1.82, 2.24) is 9.80 Å². The van der Waals surface area contributed by atoms with E-state index in [9.17, 15) is 4.79 Å². The summed E-state index contributed by atoms with van der Waals surface area (Å²) in [6.07, 6.45) is 2.54. The second-order valence-electron chi connectivity index (χ2n) is 4.18. The fourth-order valence-electron chi connectivity index (χ4n) is 1.39. The fourth-order valence-corrected chi connectivity index (χ4v) is 1.39. The maximum absolute atomic E-state index is 11.6. The standard InChI is InChI=1S/C10H20N2O2/c1-11(5-6-13)8-10(14)12(2)7-9-3-4-9/h9,13H,3-8H2,1-2H3. The smallest absolute Gasteiger partial charge is 0.236 e. The Labute approximate surface area is 85.5 Å². The van der Waals surface area contributed by atoms with Gasteiger partial charge in [0.2, 0.25) is 5.91 Å². The molecule has 14 heavy (non-hydrogen) atoms. The molecular weight excluding hydrogens is 180 g/mol. The summed E-state index contributed by atoms with van der Waals surface area (Å²) in [6, 6.07) is 0. The predicted octanol–water partition coefficient (Wildman–Crippen LogP) is -0.221. The van der Waals surface area contributed by atoms with Gasteiger partial charge in [0, 0.05) is 20.1 Å². The number of hydrogen-bond donors (Lipinski definition) is 1. The van der Waals surface area contributed by atoms with Crippen LogP contribution < -0.4 is 0 Å². The summed E-state index contributed by atoms with van der Waals surface area (Å²) < 4.78 is 0. The third-order valence-electron chi connectivity index (χ3n) is 2.54. The zero-order valence-corrected chi connectivity index (χ0v) is 9.07. The molecular formula is C10H20N2O2. The van der Waals surface area contributed by atoms with Crippen LogP contribution in [0, 0.1) is 5.92 Å². The van der Waals surface area contributed by atoms with Crippen molar-refractivity contribution in [1.29, 1.82) is 0 Å². The zero-order chi connectivity index (χ0) is 10.6. The summed E-state index contributed by atoms with van der Waals surface area (Å²) in [5.41, 5.74) is 0. The van der Waals surface area contributed by atoms with E-state index in [1.54, 1.807) is 4.90 Å². The number of rotatable bonds is 6. The van der Waals surface area contributed by atoms with Gasteiger partial charge >= 0.3 is 0 Å². The minimum Gasteiger partial charge on any atom is -0.395 e. The number of carbonyl (C=O) groups excluding carboxylic acids is 1. The van der Waals surface area contributed by atoms with Crippen LogP contribution >= 0.6 is 0 Å². The van der Waals surface area contributed by atoms with Crippen LogP contribution in [0.5, 0.6) is 0 Å². The molecule has 0 aliphatic heterocycles.